The van der Waals surface area contributed by atoms with Gasteiger partial charge >= 0.3 is 0 Å². The van der Waals surface area contributed by atoms with Crippen molar-refractivity contribution in [2.45, 2.75) is 13.0 Å². The van der Waals surface area contributed by atoms with E-state index in [2.05, 4.69) is 23.8 Å². The van der Waals surface area contributed by atoms with Crippen LogP contribution < -0.4 is 10.6 Å². The van der Waals surface area contributed by atoms with Crippen LogP contribution in [0.1, 0.15) is 12.5 Å². The molecule has 1 atom stereocenters. The van der Waals surface area contributed by atoms with Crippen LogP contribution >= 0.6 is 11.6 Å². The zero-order valence-electron chi connectivity index (χ0n) is 10.8. The smallest absolute Gasteiger partial charge is 0.126 e. The molecule has 5 heteroatoms. The molecule has 0 aliphatic carbocycles. The highest BCUT2D eigenvalue weighted by atomic mass is 35.5. The number of halogens is 1. The minimum atomic E-state index is 0.0298. The summed E-state index contributed by atoms with van der Waals surface area (Å²) in [5.41, 5.74) is 7.26. The van der Waals surface area contributed by atoms with Crippen LogP contribution in [0.2, 0.25) is 5.02 Å². The third-order valence-corrected chi connectivity index (χ3v) is 3.88. The van der Waals surface area contributed by atoms with Crippen molar-refractivity contribution < 1.29 is 0 Å². The van der Waals surface area contributed by atoms with Crippen molar-refractivity contribution >= 4 is 23.1 Å². The van der Waals surface area contributed by atoms with Crippen molar-refractivity contribution in [3.05, 3.63) is 28.8 Å². The predicted octanol–water partition coefficient (Wildman–Crippen LogP) is 1.76. The first-order valence-corrected chi connectivity index (χ1v) is 6.46. The number of anilines is 1. The Morgan fingerprint density at radius 1 is 1.44 bits per heavy atom. The Bertz CT molecular complexity index is 460. The van der Waals surface area contributed by atoms with Gasteiger partial charge in [-0.3, -0.25) is 5.41 Å². The van der Waals surface area contributed by atoms with E-state index in [0.29, 0.717) is 16.6 Å². The summed E-state index contributed by atoms with van der Waals surface area (Å²) in [6.07, 6.45) is 0. The van der Waals surface area contributed by atoms with Gasteiger partial charge in [-0.25, -0.2) is 0 Å². The molecule has 4 nitrogen and oxygen atoms in total. The average Bonchev–Trinajstić information content (AvgIpc) is 2.32. The van der Waals surface area contributed by atoms with Gasteiger partial charge in [0.1, 0.15) is 5.84 Å². The summed E-state index contributed by atoms with van der Waals surface area (Å²) in [5.74, 6) is 0.0298. The Morgan fingerprint density at radius 2 is 2.17 bits per heavy atom. The van der Waals surface area contributed by atoms with E-state index in [-0.39, 0.29) is 5.84 Å². The molecule has 3 N–H and O–H groups in total. The third kappa shape index (κ3) is 2.44. The molecular weight excluding hydrogens is 248 g/mol. The second kappa shape index (κ2) is 5.16. The summed E-state index contributed by atoms with van der Waals surface area (Å²) in [7, 11) is 2.13. The van der Waals surface area contributed by atoms with E-state index >= 15 is 0 Å². The summed E-state index contributed by atoms with van der Waals surface area (Å²) < 4.78 is 0. The van der Waals surface area contributed by atoms with Gasteiger partial charge in [-0.05, 0) is 26.1 Å². The molecule has 0 aromatic heterocycles. The zero-order valence-corrected chi connectivity index (χ0v) is 11.5. The highest BCUT2D eigenvalue weighted by Crippen LogP contribution is 2.28. The minimum Gasteiger partial charge on any atom is -0.384 e. The second-order valence-electron chi connectivity index (χ2n) is 4.82. The molecule has 1 heterocycles. The summed E-state index contributed by atoms with van der Waals surface area (Å²) in [4.78, 5) is 4.59. The van der Waals surface area contributed by atoms with Gasteiger partial charge < -0.3 is 15.5 Å². The Morgan fingerprint density at radius 3 is 2.78 bits per heavy atom. The molecule has 1 aliphatic rings. The summed E-state index contributed by atoms with van der Waals surface area (Å²) in [6, 6.07) is 6.16. The lowest BCUT2D eigenvalue weighted by molar-refractivity contribution is 0.234. The molecule has 0 radical (unpaired) electrons. The van der Waals surface area contributed by atoms with Gasteiger partial charge in [0, 0.05) is 31.4 Å². The molecule has 2 rings (SSSR count). The number of rotatable bonds is 2. The second-order valence-corrected chi connectivity index (χ2v) is 5.23. The van der Waals surface area contributed by atoms with E-state index in [1.807, 2.05) is 12.1 Å². The van der Waals surface area contributed by atoms with Crippen molar-refractivity contribution in [3.8, 4) is 0 Å². The molecule has 98 valence electrons. The minimum absolute atomic E-state index is 0.0298. The maximum absolute atomic E-state index is 7.68. The molecule has 1 fully saturated rings. The van der Waals surface area contributed by atoms with E-state index in [9.17, 15) is 0 Å². The van der Waals surface area contributed by atoms with Gasteiger partial charge in [-0.15, -0.1) is 0 Å². The quantitative estimate of drug-likeness (QED) is 0.634. The molecule has 1 aliphatic heterocycles. The number of nitrogens with zero attached hydrogens (tertiary/aromatic N) is 2. The average molecular weight is 267 g/mol. The van der Waals surface area contributed by atoms with Crippen molar-refractivity contribution in [1.29, 1.82) is 5.41 Å². The largest absolute Gasteiger partial charge is 0.384 e. The lowest BCUT2D eigenvalue weighted by Gasteiger charge is -2.39. The molecule has 0 bridgehead atoms. The maximum Gasteiger partial charge on any atom is 0.126 e. The number of hydrogen-bond donors (Lipinski definition) is 2. The van der Waals surface area contributed by atoms with Crippen molar-refractivity contribution in [3.63, 3.8) is 0 Å². The summed E-state index contributed by atoms with van der Waals surface area (Å²) in [6.45, 7) is 5.06. The van der Waals surface area contributed by atoms with Crippen LogP contribution in [0.25, 0.3) is 0 Å². The van der Waals surface area contributed by atoms with Gasteiger partial charge in [0.25, 0.3) is 0 Å². The lowest BCUT2D eigenvalue weighted by Crippen LogP contribution is -2.50. The Labute approximate surface area is 113 Å². The molecule has 1 aromatic rings. The molecular formula is C13H19ClN4. The van der Waals surface area contributed by atoms with Crippen LogP contribution in [0.5, 0.6) is 0 Å². The van der Waals surface area contributed by atoms with E-state index < -0.39 is 0 Å². The Hall–Kier alpha value is -1.26. The number of nitrogen functional groups attached to an aromatic ring is 1. The number of nitrogens with one attached hydrogen (secondary N) is 1. The first-order valence-electron chi connectivity index (χ1n) is 6.08. The first-order chi connectivity index (χ1) is 8.50. The standard InChI is InChI=1S/C13H19ClN4/c1-9-8-18(7-6-17(9)2)11-5-3-4-10(14)12(11)13(15)16/h3-5,9H,6-8H2,1-2H3,(H3,15,16). The number of nitrogens with two attached hydrogens (primary N) is 1. The maximum atomic E-state index is 7.68. The zero-order chi connectivity index (χ0) is 13.3. The van der Waals surface area contributed by atoms with Crippen LogP contribution in [-0.4, -0.2) is 43.5 Å². The predicted molar refractivity (Wildman–Crippen MR) is 76.8 cm³/mol. The van der Waals surface area contributed by atoms with Crippen molar-refractivity contribution in [1.82, 2.24) is 4.90 Å². The molecule has 1 aromatic carbocycles. The van der Waals surface area contributed by atoms with Crippen LogP contribution in [0.15, 0.2) is 18.2 Å². The summed E-state index contributed by atoms with van der Waals surface area (Å²) >= 11 is 6.15. The number of benzene rings is 1. The number of amidine groups is 1. The van der Waals surface area contributed by atoms with Crippen LogP contribution in [-0.2, 0) is 0 Å². The van der Waals surface area contributed by atoms with Crippen LogP contribution in [0, 0.1) is 5.41 Å². The monoisotopic (exact) mass is 266 g/mol. The molecule has 0 amide bonds. The molecule has 18 heavy (non-hydrogen) atoms. The topological polar surface area (TPSA) is 56.4 Å². The number of hydrogen-bond acceptors (Lipinski definition) is 3. The van der Waals surface area contributed by atoms with E-state index in [0.717, 1.165) is 25.3 Å². The Kier molecular flexibility index (Phi) is 3.78. The molecule has 1 saturated heterocycles. The number of piperazine rings is 1. The highest BCUT2D eigenvalue weighted by molar-refractivity contribution is 6.34. The lowest BCUT2D eigenvalue weighted by atomic mass is 10.1. The van der Waals surface area contributed by atoms with E-state index in [1.165, 1.54) is 0 Å². The van der Waals surface area contributed by atoms with E-state index in [1.54, 1.807) is 6.07 Å². The third-order valence-electron chi connectivity index (χ3n) is 3.56. The van der Waals surface area contributed by atoms with Gasteiger partial charge in [-0.1, -0.05) is 17.7 Å². The first kappa shape index (κ1) is 13.2. The van der Waals surface area contributed by atoms with Crippen molar-refractivity contribution in [2.75, 3.05) is 31.6 Å². The molecule has 1 unspecified atom stereocenters. The summed E-state index contributed by atoms with van der Waals surface area (Å²) in [5, 5.41) is 8.23. The van der Waals surface area contributed by atoms with Gasteiger partial charge in [0.15, 0.2) is 0 Å². The fourth-order valence-corrected chi connectivity index (χ4v) is 2.58. The fraction of sp³-hybridized carbons (Fsp3) is 0.462. The molecule has 0 saturated carbocycles. The normalized spacial score (nSPS) is 21.1. The number of likely N-dealkylation sites (N-methyl/N-ethyl adjacent to an activating group) is 1. The van der Waals surface area contributed by atoms with Crippen molar-refractivity contribution in [2.24, 2.45) is 5.73 Å². The van der Waals surface area contributed by atoms with Gasteiger partial charge in [0.05, 0.1) is 10.6 Å². The van der Waals surface area contributed by atoms with Crippen LogP contribution in [0.4, 0.5) is 5.69 Å². The van der Waals surface area contributed by atoms with Crippen LogP contribution in [0.3, 0.4) is 0 Å². The highest BCUT2D eigenvalue weighted by Gasteiger charge is 2.23. The van der Waals surface area contributed by atoms with Gasteiger partial charge in [-0.2, -0.15) is 0 Å². The fourth-order valence-electron chi connectivity index (χ4n) is 2.31. The Balaban J connectivity index is 2.34. The van der Waals surface area contributed by atoms with E-state index in [4.69, 9.17) is 22.7 Å². The SMILES string of the molecule is CC1CN(c2cccc(Cl)c2C(=N)N)CCN1C. The molecule has 0 spiro atoms. The van der Waals surface area contributed by atoms with Gasteiger partial charge in [0.2, 0.25) is 0 Å².